The van der Waals surface area contributed by atoms with Crippen molar-refractivity contribution in [2.75, 3.05) is 0 Å². The molecule has 0 aromatic rings. The molecule has 2 unspecified atom stereocenters. The Hall–Kier alpha value is -0.720. The molecule has 2 aliphatic carbocycles. The number of ether oxygens (including phenoxy) is 1. The van der Waals surface area contributed by atoms with Crippen LogP contribution in [0.1, 0.15) is 44.9 Å². The molecule has 15 heavy (non-hydrogen) atoms. The van der Waals surface area contributed by atoms with Gasteiger partial charge >= 0.3 is 0 Å². The lowest BCUT2D eigenvalue weighted by atomic mass is 9.54. The fourth-order valence-electron chi connectivity index (χ4n) is 3.73. The summed E-state index contributed by atoms with van der Waals surface area (Å²) in [6, 6.07) is 0. The zero-order valence-electron chi connectivity index (χ0n) is 9.32. The molecule has 0 bridgehead atoms. The van der Waals surface area contributed by atoms with Gasteiger partial charge in [0.05, 0.1) is 6.26 Å². The molecule has 3 aliphatic rings. The molecule has 1 nitrogen and oxygen atoms in total. The number of rotatable bonds is 1. The maximum absolute atomic E-state index is 5.78. The molecule has 1 heterocycles. The van der Waals surface area contributed by atoms with Crippen molar-refractivity contribution in [1.82, 2.24) is 0 Å². The highest BCUT2D eigenvalue weighted by atomic mass is 16.5. The topological polar surface area (TPSA) is 9.23 Å². The quantitative estimate of drug-likeness (QED) is 0.631. The largest absolute Gasteiger partial charge is 0.494 e. The van der Waals surface area contributed by atoms with E-state index in [4.69, 9.17) is 4.74 Å². The van der Waals surface area contributed by atoms with E-state index < -0.39 is 0 Å². The van der Waals surface area contributed by atoms with Gasteiger partial charge in [-0.05, 0) is 43.3 Å². The van der Waals surface area contributed by atoms with Crippen LogP contribution in [0.3, 0.4) is 0 Å². The van der Waals surface area contributed by atoms with Gasteiger partial charge in [-0.3, -0.25) is 0 Å². The first kappa shape index (κ1) is 9.50. The van der Waals surface area contributed by atoms with Gasteiger partial charge in [-0.1, -0.05) is 25.3 Å². The molecular formula is C14H20O. The molecule has 0 saturated heterocycles. The van der Waals surface area contributed by atoms with Crippen LogP contribution in [-0.2, 0) is 4.74 Å². The van der Waals surface area contributed by atoms with E-state index in [2.05, 4.69) is 12.2 Å². The van der Waals surface area contributed by atoms with Gasteiger partial charge in [-0.25, -0.2) is 0 Å². The standard InChI is InChI=1S/C14H20O/c1-3-8-14(9-5-10-14)12(6-1)13-7-2-4-11-15-13/h2,4,7,11-13H,1,3,5-6,8-10H2. The summed E-state index contributed by atoms with van der Waals surface area (Å²) in [4.78, 5) is 0. The summed E-state index contributed by atoms with van der Waals surface area (Å²) in [6.45, 7) is 0. The van der Waals surface area contributed by atoms with E-state index >= 15 is 0 Å². The van der Waals surface area contributed by atoms with Gasteiger partial charge < -0.3 is 4.74 Å². The van der Waals surface area contributed by atoms with Gasteiger partial charge in [0, 0.05) is 5.92 Å². The summed E-state index contributed by atoms with van der Waals surface area (Å²) in [5.41, 5.74) is 0.665. The Morgan fingerprint density at radius 1 is 1.00 bits per heavy atom. The predicted molar refractivity (Wildman–Crippen MR) is 61.4 cm³/mol. The molecule has 1 heteroatoms. The van der Waals surface area contributed by atoms with Gasteiger partial charge in [0.25, 0.3) is 0 Å². The van der Waals surface area contributed by atoms with E-state index in [1.807, 2.05) is 12.3 Å². The maximum atomic E-state index is 5.78. The second kappa shape index (κ2) is 3.70. The second-order valence-corrected chi connectivity index (χ2v) is 5.38. The molecule has 0 radical (unpaired) electrons. The highest BCUT2D eigenvalue weighted by Crippen LogP contribution is 2.56. The van der Waals surface area contributed by atoms with Gasteiger partial charge in [-0.2, -0.15) is 0 Å². The third-order valence-corrected chi connectivity index (χ3v) is 4.70. The molecule has 2 fully saturated rings. The molecule has 0 aromatic heterocycles. The van der Waals surface area contributed by atoms with Crippen molar-refractivity contribution in [3.63, 3.8) is 0 Å². The molecular weight excluding hydrogens is 184 g/mol. The van der Waals surface area contributed by atoms with Gasteiger partial charge in [0.1, 0.15) is 6.10 Å². The average molecular weight is 204 g/mol. The van der Waals surface area contributed by atoms with Crippen LogP contribution in [0, 0.1) is 11.3 Å². The predicted octanol–water partition coefficient (Wildman–Crippen LogP) is 3.82. The third kappa shape index (κ3) is 1.53. The van der Waals surface area contributed by atoms with E-state index in [-0.39, 0.29) is 0 Å². The summed E-state index contributed by atoms with van der Waals surface area (Å²) in [5.74, 6) is 0.793. The third-order valence-electron chi connectivity index (χ3n) is 4.70. The SMILES string of the molecule is C1=COC(C2CCCCC23CCC3)C=C1. The Kier molecular flexibility index (Phi) is 2.34. The van der Waals surface area contributed by atoms with Gasteiger partial charge in [-0.15, -0.1) is 0 Å². The van der Waals surface area contributed by atoms with Crippen LogP contribution in [0.15, 0.2) is 24.5 Å². The smallest absolute Gasteiger partial charge is 0.120 e. The summed E-state index contributed by atoms with van der Waals surface area (Å²) in [5, 5.41) is 0. The normalized spacial score (nSPS) is 37.3. The average Bonchev–Trinajstić information content (AvgIpc) is 2.28. The Bertz CT molecular complexity index is 286. The minimum atomic E-state index is 0.371. The van der Waals surface area contributed by atoms with Crippen molar-refractivity contribution in [3.8, 4) is 0 Å². The highest BCUT2D eigenvalue weighted by molar-refractivity contribution is 5.12. The van der Waals surface area contributed by atoms with Crippen LogP contribution in [0.4, 0.5) is 0 Å². The van der Waals surface area contributed by atoms with Gasteiger partial charge in [0.2, 0.25) is 0 Å². The van der Waals surface area contributed by atoms with E-state index in [0.29, 0.717) is 11.5 Å². The van der Waals surface area contributed by atoms with Crippen LogP contribution in [0.5, 0.6) is 0 Å². The lowest BCUT2D eigenvalue weighted by Gasteiger charge is -2.52. The van der Waals surface area contributed by atoms with E-state index in [0.717, 1.165) is 5.92 Å². The van der Waals surface area contributed by atoms with Crippen LogP contribution in [0.25, 0.3) is 0 Å². The van der Waals surface area contributed by atoms with Crippen molar-refractivity contribution in [2.45, 2.75) is 51.0 Å². The van der Waals surface area contributed by atoms with Crippen molar-refractivity contribution in [1.29, 1.82) is 0 Å². The molecule has 82 valence electrons. The molecule has 3 rings (SSSR count). The Balaban J connectivity index is 1.77. The van der Waals surface area contributed by atoms with Crippen molar-refractivity contribution < 1.29 is 4.74 Å². The van der Waals surface area contributed by atoms with Crippen LogP contribution in [0.2, 0.25) is 0 Å². The molecule has 0 aromatic carbocycles. The molecule has 1 spiro atoms. The zero-order valence-corrected chi connectivity index (χ0v) is 9.32. The lowest BCUT2D eigenvalue weighted by Crippen LogP contribution is -2.45. The van der Waals surface area contributed by atoms with Crippen LogP contribution in [-0.4, -0.2) is 6.10 Å². The maximum Gasteiger partial charge on any atom is 0.120 e. The van der Waals surface area contributed by atoms with E-state index in [1.54, 1.807) is 0 Å². The number of allylic oxidation sites excluding steroid dienone is 2. The summed E-state index contributed by atoms with van der Waals surface area (Å²) >= 11 is 0. The van der Waals surface area contributed by atoms with Gasteiger partial charge in [0.15, 0.2) is 0 Å². The van der Waals surface area contributed by atoms with Crippen molar-refractivity contribution in [3.05, 3.63) is 24.5 Å². The molecule has 2 saturated carbocycles. The first-order chi connectivity index (χ1) is 7.41. The molecule has 0 N–H and O–H groups in total. The van der Waals surface area contributed by atoms with E-state index in [1.165, 1.54) is 44.9 Å². The minimum absolute atomic E-state index is 0.371. The Morgan fingerprint density at radius 2 is 1.87 bits per heavy atom. The molecule has 1 aliphatic heterocycles. The molecule has 2 atom stereocenters. The van der Waals surface area contributed by atoms with Crippen LogP contribution < -0.4 is 0 Å². The first-order valence-electron chi connectivity index (χ1n) is 6.40. The fourth-order valence-corrected chi connectivity index (χ4v) is 3.73. The fraction of sp³-hybridized carbons (Fsp3) is 0.714. The lowest BCUT2D eigenvalue weighted by molar-refractivity contribution is -0.0518. The summed E-state index contributed by atoms with van der Waals surface area (Å²) in [7, 11) is 0. The number of hydrogen-bond acceptors (Lipinski definition) is 1. The number of hydrogen-bond donors (Lipinski definition) is 0. The minimum Gasteiger partial charge on any atom is -0.494 e. The van der Waals surface area contributed by atoms with Crippen molar-refractivity contribution >= 4 is 0 Å². The second-order valence-electron chi connectivity index (χ2n) is 5.38. The zero-order chi connectivity index (χ0) is 10.1. The molecule has 0 amide bonds. The first-order valence-corrected chi connectivity index (χ1v) is 6.40. The van der Waals surface area contributed by atoms with Crippen molar-refractivity contribution in [2.24, 2.45) is 11.3 Å². The summed E-state index contributed by atoms with van der Waals surface area (Å²) < 4.78 is 5.78. The van der Waals surface area contributed by atoms with E-state index in [9.17, 15) is 0 Å². The summed E-state index contributed by atoms with van der Waals surface area (Å²) in [6.07, 6.45) is 18.7. The Morgan fingerprint density at radius 3 is 2.53 bits per heavy atom. The van der Waals surface area contributed by atoms with Crippen LogP contribution >= 0.6 is 0 Å². The highest BCUT2D eigenvalue weighted by Gasteiger charge is 2.48. The monoisotopic (exact) mass is 204 g/mol. The Labute approximate surface area is 92.2 Å².